The molecule has 0 aromatic rings. The van der Waals surface area contributed by atoms with Crippen LogP contribution in [0, 0.1) is 5.82 Å². The fraction of sp³-hybridized carbons (Fsp3) is 0.333. The third-order valence-electron chi connectivity index (χ3n) is 2.16. The molecule has 0 saturated heterocycles. The van der Waals surface area contributed by atoms with Gasteiger partial charge >= 0.3 is 0 Å². The van der Waals surface area contributed by atoms with Crippen molar-refractivity contribution in [1.82, 2.24) is 0 Å². The maximum absolute atomic E-state index is 13.1. The molecule has 2 rings (SSSR count). The SMILES string of the molecule is CCCS(=O)(=O)Nc1c2ccc-2c1F. The number of anilines is 1. The van der Waals surface area contributed by atoms with Gasteiger partial charge in [0.05, 0.1) is 11.4 Å². The van der Waals surface area contributed by atoms with Gasteiger partial charge < -0.3 is 0 Å². The first-order valence-electron chi connectivity index (χ1n) is 4.38. The molecule has 0 amide bonds. The van der Waals surface area contributed by atoms with Crippen LogP contribution in [0.15, 0.2) is 12.1 Å². The molecule has 3 nitrogen and oxygen atoms in total. The number of fused-ring (bicyclic) bond motifs is 1. The van der Waals surface area contributed by atoms with Crippen LogP contribution in [-0.2, 0) is 10.0 Å². The lowest BCUT2D eigenvalue weighted by atomic mass is 9.90. The largest absolute Gasteiger partial charge is 0.280 e. The molecule has 0 radical (unpaired) electrons. The number of halogens is 1. The Morgan fingerprint density at radius 2 is 2.00 bits per heavy atom. The quantitative estimate of drug-likeness (QED) is 0.847. The van der Waals surface area contributed by atoms with Gasteiger partial charge in [0, 0.05) is 11.1 Å². The van der Waals surface area contributed by atoms with E-state index in [9.17, 15) is 12.8 Å². The summed E-state index contributed by atoms with van der Waals surface area (Å²) in [5.41, 5.74) is 1.33. The molecule has 0 aromatic carbocycles. The van der Waals surface area contributed by atoms with Gasteiger partial charge in [-0.2, -0.15) is 0 Å². The van der Waals surface area contributed by atoms with Crippen molar-refractivity contribution in [3.8, 4) is 11.1 Å². The third kappa shape index (κ3) is 1.28. The fourth-order valence-electron chi connectivity index (χ4n) is 1.42. The van der Waals surface area contributed by atoms with E-state index in [1.54, 1.807) is 19.1 Å². The summed E-state index contributed by atoms with van der Waals surface area (Å²) in [6.07, 6.45) is 0.520. The smallest absolute Gasteiger partial charge is 0.232 e. The van der Waals surface area contributed by atoms with Crippen LogP contribution < -0.4 is 4.72 Å². The molecule has 14 heavy (non-hydrogen) atoms. The Bertz CT molecular complexity index is 482. The number of benzene rings is 1. The first-order valence-corrected chi connectivity index (χ1v) is 6.04. The number of sulfonamides is 1. The zero-order valence-electron chi connectivity index (χ0n) is 7.67. The summed E-state index contributed by atoms with van der Waals surface area (Å²) in [7, 11) is -3.36. The third-order valence-corrected chi connectivity index (χ3v) is 3.62. The molecule has 0 fully saturated rings. The molecule has 0 aliphatic heterocycles. The average Bonchev–Trinajstić information content (AvgIpc) is 2.01. The molecular weight excluding hydrogens is 205 g/mol. The van der Waals surface area contributed by atoms with Gasteiger partial charge in [-0.15, -0.1) is 0 Å². The van der Waals surface area contributed by atoms with E-state index >= 15 is 0 Å². The van der Waals surface area contributed by atoms with Gasteiger partial charge in [-0.25, -0.2) is 12.8 Å². The number of hydrogen-bond donors (Lipinski definition) is 1. The fourth-order valence-corrected chi connectivity index (χ4v) is 2.57. The van der Waals surface area contributed by atoms with Crippen molar-refractivity contribution < 1.29 is 12.8 Å². The van der Waals surface area contributed by atoms with Crippen LogP contribution >= 0.6 is 0 Å². The van der Waals surface area contributed by atoms with Crippen LogP contribution in [0.4, 0.5) is 10.1 Å². The van der Waals surface area contributed by atoms with Crippen LogP contribution in [0.3, 0.4) is 0 Å². The van der Waals surface area contributed by atoms with Gasteiger partial charge in [-0.05, 0) is 6.42 Å². The van der Waals surface area contributed by atoms with Crippen molar-refractivity contribution in [2.75, 3.05) is 10.5 Å². The van der Waals surface area contributed by atoms with E-state index in [0.29, 0.717) is 17.5 Å². The summed E-state index contributed by atoms with van der Waals surface area (Å²) in [5, 5.41) is 0. The first kappa shape index (κ1) is 9.45. The highest BCUT2D eigenvalue weighted by Gasteiger charge is 2.28. The molecule has 1 N–H and O–H groups in total. The highest BCUT2D eigenvalue weighted by molar-refractivity contribution is 7.92. The molecule has 76 valence electrons. The molecule has 2 aliphatic carbocycles. The first-order chi connectivity index (χ1) is 6.55. The summed E-state index contributed by atoms with van der Waals surface area (Å²) < 4.78 is 37.9. The monoisotopic (exact) mass is 215 g/mol. The van der Waals surface area contributed by atoms with Crippen molar-refractivity contribution in [3.63, 3.8) is 0 Å². The summed E-state index contributed by atoms with van der Waals surface area (Å²) >= 11 is 0. The van der Waals surface area contributed by atoms with E-state index in [2.05, 4.69) is 4.72 Å². The van der Waals surface area contributed by atoms with Gasteiger partial charge in [-0.1, -0.05) is 19.1 Å². The second-order valence-electron chi connectivity index (χ2n) is 3.27. The van der Waals surface area contributed by atoms with E-state index in [0.717, 1.165) is 0 Å². The average molecular weight is 215 g/mol. The van der Waals surface area contributed by atoms with E-state index in [1.165, 1.54) is 0 Å². The van der Waals surface area contributed by atoms with E-state index < -0.39 is 15.8 Å². The van der Waals surface area contributed by atoms with Crippen LogP contribution in [0.5, 0.6) is 0 Å². The number of rotatable bonds is 4. The molecule has 0 aromatic heterocycles. The summed E-state index contributed by atoms with van der Waals surface area (Å²) in [5.74, 6) is -0.419. The predicted octanol–water partition coefficient (Wildman–Crippen LogP) is 1.96. The number of hydrogen-bond acceptors (Lipinski definition) is 2. The molecule has 0 spiro atoms. The van der Waals surface area contributed by atoms with Crippen molar-refractivity contribution in [1.29, 1.82) is 0 Å². The molecule has 0 atom stereocenters. The Balaban J connectivity index is 2.19. The second-order valence-corrected chi connectivity index (χ2v) is 5.11. The minimum atomic E-state index is -3.36. The Hall–Kier alpha value is -1.10. The van der Waals surface area contributed by atoms with E-state index in [4.69, 9.17) is 0 Å². The highest BCUT2D eigenvalue weighted by Crippen LogP contribution is 2.45. The minimum absolute atomic E-state index is 0.0239. The lowest BCUT2D eigenvalue weighted by Crippen LogP contribution is -2.20. The van der Waals surface area contributed by atoms with Gasteiger partial charge in [0.2, 0.25) is 10.0 Å². The maximum Gasteiger partial charge on any atom is 0.232 e. The minimum Gasteiger partial charge on any atom is -0.280 e. The van der Waals surface area contributed by atoms with Gasteiger partial charge in [0.25, 0.3) is 0 Å². The Kier molecular flexibility index (Phi) is 1.99. The van der Waals surface area contributed by atoms with Crippen LogP contribution in [0.2, 0.25) is 0 Å². The Morgan fingerprint density at radius 1 is 1.36 bits per heavy atom. The van der Waals surface area contributed by atoms with E-state index in [-0.39, 0.29) is 11.4 Å². The van der Waals surface area contributed by atoms with Crippen molar-refractivity contribution >= 4 is 15.7 Å². The van der Waals surface area contributed by atoms with E-state index in [1.807, 2.05) is 0 Å². The molecular formula is C9H10FNO2S. The molecule has 0 saturated carbocycles. The normalized spacial score (nSPS) is 12.7. The van der Waals surface area contributed by atoms with Crippen molar-refractivity contribution in [2.45, 2.75) is 13.3 Å². The van der Waals surface area contributed by atoms with Gasteiger partial charge in [0.1, 0.15) is 0 Å². The summed E-state index contributed by atoms with van der Waals surface area (Å²) in [6.45, 7) is 1.76. The number of nitrogens with one attached hydrogen (secondary N) is 1. The predicted molar refractivity (Wildman–Crippen MR) is 53.1 cm³/mol. The zero-order valence-corrected chi connectivity index (χ0v) is 8.49. The Labute approximate surface area is 82.0 Å². The highest BCUT2D eigenvalue weighted by atomic mass is 32.2. The molecule has 2 aliphatic rings. The standard InChI is InChI=1S/C9H10FNO2S/c1-2-5-14(12,13)11-9-7-4-3-6(7)8(9)10/h3-4,11H,2,5H2,1H3. The van der Waals surface area contributed by atoms with Crippen LogP contribution in [0.1, 0.15) is 13.3 Å². The topological polar surface area (TPSA) is 46.2 Å². The van der Waals surface area contributed by atoms with Crippen LogP contribution in [-0.4, -0.2) is 14.2 Å². The lowest BCUT2D eigenvalue weighted by Gasteiger charge is -2.23. The van der Waals surface area contributed by atoms with Gasteiger partial charge in [-0.3, -0.25) is 4.72 Å². The zero-order chi connectivity index (χ0) is 10.3. The lowest BCUT2D eigenvalue weighted by molar-refractivity contribution is 0.596. The van der Waals surface area contributed by atoms with Crippen molar-refractivity contribution in [2.24, 2.45) is 0 Å². The molecule has 0 bridgehead atoms. The summed E-state index contributed by atoms with van der Waals surface area (Å²) in [6, 6.07) is 3.32. The van der Waals surface area contributed by atoms with Crippen LogP contribution in [0.25, 0.3) is 11.1 Å². The summed E-state index contributed by atoms with van der Waals surface area (Å²) in [4.78, 5) is 0. The second kappa shape index (κ2) is 2.95. The Morgan fingerprint density at radius 3 is 2.43 bits per heavy atom. The maximum atomic E-state index is 13.1. The van der Waals surface area contributed by atoms with Gasteiger partial charge in [0.15, 0.2) is 5.82 Å². The molecule has 0 heterocycles. The molecule has 5 heteroatoms. The van der Waals surface area contributed by atoms with Crippen molar-refractivity contribution in [3.05, 3.63) is 17.9 Å². The molecule has 0 unspecified atom stereocenters.